The van der Waals surface area contributed by atoms with Gasteiger partial charge in [0.15, 0.2) is 0 Å². The van der Waals surface area contributed by atoms with Gasteiger partial charge >= 0.3 is 6.03 Å². The Bertz CT molecular complexity index is 657. The van der Waals surface area contributed by atoms with E-state index in [2.05, 4.69) is 15.6 Å². The van der Waals surface area contributed by atoms with Gasteiger partial charge in [0.2, 0.25) is 0 Å². The van der Waals surface area contributed by atoms with E-state index in [4.69, 9.17) is 4.42 Å². The van der Waals surface area contributed by atoms with Crippen molar-refractivity contribution < 1.29 is 14.3 Å². The molecule has 2 amide bonds. The molecule has 0 bridgehead atoms. The summed E-state index contributed by atoms with van der Waals surface area (Å²) in [6.07, 6.45) is 6.89. The molecule has 0 saturated carbocycles. The molecule has 2 aromatic rings. The van der Waals surface area contributed by atoms with E-state index in [1.807, 2.05) is 24.3 Å². The minimum atomic E-state index is -0.214. The van der Waals surface area contributed by atoms with E-state index in [9.17, 15) is 9.90 Å². The Kier molecular flexibility index (Phi) is 5.48. The first-order valence-electron chi connectivity index (χ1n) is 8.37. The quantitative estimate of drug-likeness (QED) is 0.758. The van der Waals surface area contributed by atoms with Crippen LogP contribution in [0.2, 0.25) is 0 Å². The van der Waals surface area contributed by atoms with Crippen molar-refractivity contribution in [3.63, 3.8) is 0 Å². The lowest BCUT2D eigenvalue weighted by atomic mass is 9.93. The minimum absolute atomic E-state index is 0.00383. The van der Waals surface area contributed by atoms with Gasteiger partial charge < -0.3 is 20.2 Å². The molecule has 2 aromatic heterocycles. The molecule has 2 unspecified atom stereocenters. The standard InChI is InChI=1S/C18H23N3O3/c22-12-13(10-14-4-1-2-8-19-14)11-20-18(23)21-16-5-3-6-17-15(16)7-9-24-17/h1-2,4,7-9,13,16,22H,3,5-6,10-12H2,(H2,20,21,23). The van der Waals surface area contributed by atoms with Gasteiger partial charge in [-0.3, -0.25) is 4.98 Å². The predicted octanol–water partition coefficient (Wildman–Crippen LogP) is 2.20. The number of aryl methyl sites for hydroxylation is 1. The van der Waals surface area contributed by atoms with Crippen molar-refractivity contribution in [3.8, 4) is 0 Å². The second-order valence-corrected chi connectivity index (χ2v) is 6.17. The van der Waals surface area contributed by atoms with Crippen LogP contribution in [0.15, 0.2) is 41.1 Å². The van der Waals surface area contributed by atoms with Crippen LogP contribution in [0.25, 0.3) is 0 Å². The van der Waals surface area contributed by atoms with Crippen molar-refractivity contribution in [2.45, 2.75) is 31.7 Å². The molecule has 6 nitrogen and oxygen atoms in total. The average molecular weight is 329 g/mol. The van der Waals surface area contributed by atoms with Crippen LogP contribution < -0.4 is 10.6 Å². The van der Waals surface area contributed by atoms with E-state index in [0.29, 0.717) is 13.0 Å². The zero-order chi connectivity index (χ0) is 16.8. The molecule has 24 heavy (non-hydrogen) atoms. The van der Waals surface area contributed by atoms with Crippen molar-refractivity contribution in [2.24, 2.45) is 5.92 Å². The monoisotopic (exact) mass is 329 g/mol. The third-order valence-electron chi connectivity index (χ3n) is 4.39. The maximum Gasteiger partial charge on any atom is 0.315 e. The molecule has 3 rings (SSSR count). The second kappa shape index (κ2) is 7.97. The Hall–Kier alpha value is -2.34. The van der Waals surface area contributed by atoms with Gasteiger partial charge in [-0.25, -0.2) is 4.79 Å². The van der Waals surface area contributed by atoms with Gasteiger partial charge in [0.1, 0.15) is 5.76 Å². The summed E-state index contributed by atoms with van der Waals surface area (Å²) in [5.74, 6) is 0.913. The summed E-state index contributed by atoms with van der Waals surface area (Å²) in [5, 5.41) is 15.4. The Labute approximate surface area is 141 Å². The summed E-state index contributed by atoms with van der Waals surface area (Å²) >= 11 is 0. The number of urea groups is 1. The molecule has 1 aliphatic rings. The molecule has 2 heterocycles. The van der Waals surface area contributed by atoms with E-state index < -0.39 is 0 Å². The van der Waals surface area contributed by atoms with Gasteiger partial charge in [-0.05, 0) is 37.5 Å². The molecule has 0 aromatic carbocycles. The Morgan fingerprint density at radius 2 is 2.33 bits per heavy atom. The van der Waals surface area contributed by atoms with Crippen molar-refractivity contribution in [3.05, 3.63) is 53.7 Å². The Morgan fingerprint density at radius 3 is 3.12 bits per heavy atom. The van der Waals surface area contributed by atoms with E-state index in [1.54, 1.807) is 12.5 Å². The van der Waals surface area contributed by atoms with Crippen LogP contribution in [0.3, 0.4) is 0 Å². The zero-order valence-corrected chi connectivity index (χ0v) is 13.6. The number of rotatable bonds is 6. The van der Waals surface area contributed by atoms with E-state index >= 15 is 0 Å². The molecular weight excluding hydrogens is 306 g/mol. The number of hydrogen-bond acceptors (Lipinski definition) is 4. The summed E-state index contributed by atoms with van der Waals surface area (Å²) < 4.78 is 5.44. The van der Waals surface area contributed by atoms with Crippen LogP contribution in [-0.2, 0) is 12.8 Å². The number of amides is 2. The Morgan fingerprint density at radius 1 is 1.42 bits per heavy atom. The number of carbonyl (C=O) groups is 1. The summed E-state index contributed by atoms with van der Waals surface area (Å²) in [6.45, 7) is 0.413. The molecule has 0 radical (unpaired) electrons. The van der Waals surface area contributed by atoms with Crippen molar-refractivity contribution in [2.75, 3.05) is 13.2 Å². The smallest absolute Gasteiger partial charge is 0.315 e. The maximum atomic E-state index is 12.2. The Balaban J connectivity index is 1.48. The highest BCUT2D eigenvalue weighted by Gasteiger charge is 2.24. The lowest BCUT2D eigenvalue weighted by Gasteiger charge is -2.23. The molecule has 6 heteroatoms. The number of furan rings is 1. The highest BCUT2D eigenvalue weighted by Crippen LogP contribution is 2.30. The van der Waals surface area contributed by atoms with Gasteiger partial charge in [0.25, 0.3) is 0 Å². The SMILES string of the molecule is O=C(NCC(CO)Cc1ccccn1)NC1CCCc2occc21. The summed E-state index contributed by atoms with van der Waals surface area (Å²) in [5.41, 5.74) is 1.98. The number of aliphatic hydroxyl groups excluding tert-OH is 1. The van der Waals surface area contributed by atoms with Crippen molar-refractivity contribution in [1.29, 1.82) is 0 Å². The van der Waals surface area contributed by atoms with Gasteiger partial charge in [-0.1, -0.05) is 6.07 Å². The van der Waals surface area contributed by atoms with E-state index in [1.165, 1.54) is 0 Å². The lowest BCUT2D eigenvalue weighted by Crippen LogP contribution is -2.41. The van der Waals surface area contributed by atoms with Gasteiger partial charge in [0, 0.05) is 42.9 Å². The fourth-order valence-electron chi connectivity index (χ4n) is 3.10. The molecule has 0 fully saturated rings. The van der Waals surface area contributed by atoms with Crippen LogP contribution in [0, 0.1) is 5.92 Å². The first-order chi connectivity index (χ1) is 11.8. The van der Waals surface area contributed by atoms with Crippen LogP contribution >= 0.6 is 0 Å². The number of nitrogens with one attached hydrogen (secondary N) is 2. The largest absolute Gasteiger partial charge is 0.469 e. The van der Waals surface area contributed by atoms with Crippen LogP contribution in [0.1, 0.15) is 35.9 Å². The molecule has 0 aliphatic heterocycles. The second-order valence-electron chi connectivity index (χ2n) is 6.17. The van der Waals surface area contributed by atoms with Gasteiger partial charge in [0.05, 0.1) is 12.3 Å². The van der Waals surface area contributed by atoms with Crippen molar-refractivity contribution in [1.82, 2.24) is 15.6 Å². The summed E-state index contributed by atoms with van der Waals surface area (Å²) in [6, 6.07) is 7.41. The number of carbonyl (C=O) groups excluding carboxylic acids is 1. The predicted molar refractivity (Wildman–Crippen MR) is 89.4 cm³/mol. The topological polar surface area (TPSA) is 87.4 Å². The number of nitrogens with zero attached hydrogens (tertiary/aromatic N) is 1. The number of pyridine rings is 1. The minimum Gasteiger partial charge on any atom is -0.469 e. The number of aromatic nitrogens is 1. The highest BCUT2D eigenvalue weighted by molar-refractivity contribution is 5.74. The van der Waals surface area contributed by atoms with Crippen LogP contribution in [0.4, 0.5) is 4.79 Å². The number of hydrogen-bond donors (Lipinski definition) is 3. The van der Waals surface area contributed by atoms with Gasteiger partial charge in [-0.2, -0.15) is 0 Å². The lowest BCUT2D eigenvalue weighted by molar-refractivity contribution is 0.211. The molecule has 1 aliphatic carbocycles. The number of aliphatic hydroxyl groups is 1. The first-order valence-corrected chi connectivity index (χ1v) is 8.37. The van der Waals surface area contributed by atoms with Crippen molar-refractivity contribution >= 4 is 6.03 Å². The van der Waals surface area contributed by atoms with Gasteiger partial charge in [-0.15, -0.1) is 0 Å². The first kappa shape index (κ1) is 16.5. The molecule has 128 valence electrons. The molecular formula is C18H23N3O3. The number of fused-ring (bicyclic) bond motifs is 1. The normalized spacial score (nSPS) is 17.8. The third kappa shape index (κ3) is 4.14. The van der Waals surface area contributed by atoms with Crippen LogP contribution in [0.5, 0.6) is 0 Å². The molecule has 0 saturated heterocycles. The molecule has 2 atom stereocenters. The zero-order valence-electron chi connectivity index (χ0n) is 13.6. The molecule has 3 N–H and O–H groups in total. The molecule has 0 spiro atoms. The highest BCUT2D eigenvalue weighted by atomic mass is 16.3. The maximum absolute atomic E-state index is 12.2. The summed E-state index contributed by atoms with van der Waals surface area (Å²) in [4.78, 5) is 16.4. The average Bonchev–Trinajstić information content (AvgIpc) is 3.09. The summed E-state index contributed by atoms with van der Waals surface area (Å²) in [7, 11) is 0. The van der Waals surface area contributed by atoms with Crippen LogP contribution in [-0.4, -0.2) is 29.3 Å². The van der Waals surface area contributed by atoms with E-state index in [0.717, 1.165) is 36.3 Å². The fraction of sp³-hybridized carbons (Fsp3) is 0.444. The third-order valence-corrected chi connectivity index (χ3v) is 4.39. The fourth-order valence-corrected chi connectivity index (χ4v) is 3.10. The van der Waals surface area contributed by atoms with E-state index in [-0.39, 0.29) is 24.6 Å².